The Hall–Kier alpha value is -2.35. The number of aromatic nitrogens is 1. The first-order chi connectivity index (χ1) is 8.93. The summed E-state index contributed by atoms with van der Waals surface area (Å²) in [6.45, 7) is 0. The van der Waals surface area contributed by atoms with Crippen LogP contribution < -0.4 is 5.32 Å². The summed E-state index contributed by atoms with van der Waals surface area (Å²) in [5, 5.41) is 4.66. The minimum atomic E-state index is 0.214. The first-order valence-electron chi connectivity index (χ1n) is 6.05. The number of hydrogen-bond acceptors (Lipinski definition) is 2. The highest BCUT2D eigenvalue weighted by Crippen LogP contribution is 2.22. The molecule has 2 heteroatoms. The van der Waals surface area contributed by atoms with Crippen LogP contribution in [0.25, 0.3) is 10.9 Å². The second-order valence-corrected chi connectivity index (χ2v) is 4.20. The summed E-state index contributed by atoms with van der Waals surface area (Å²) in [5.41, 5.74) is 2.13. The molecular weight excluding hydrogens is 220 g/mol. The van der Waals surface area contributed by atoms with Crippen LogP contribution in [0.1, 0.15) is 0 Å². The molecule has 0 atom stereocenters. The van der Waals surface area contributed by atoms with E-state index in [0.717, 1.165) is 16.6 Å². The van der Waals surface area contributed by atoms with Gasteiger partial charge in [-0.2, -0.15) is 0 Å². The zero-order chi connectivity index (χ0) is 12.2. The van der Waals surface area contributed by atoms with Crippen molar-refractivity contribution in [2.45, 2.75) is 6.04 Å². The van der Waals surface area contributed by atoms with Crippen LogP contribution in [0.5, 0.6) is 0 Å². The number of anilines is 1. The van der Waals surface area contributed by atoms with Crippen LogP contribution in [0.3, 0.4) is 0 Å². The van der Waals surface area contributed by atoms with E-state index in [1.54, 1.807) is 0 Å². The van der Waals surface area contributed by atoms with Gasteiger partial charge in [-0.3, -0.25) is 4.98 Å². The van der Waals surface area contributed by atoms with E-state index in [1.807, 2.05) is 42.6 Å². The third kappa shape index (κ3) is 2.18. The Balaban J connectivity index is 1.95. The monoisotopic (exact) mass is 234 g/mol. The van der Waals surface area contributed by atoms with Gasteiger partial charge in [-0.1, -0.05) is 54.7 Å². The molecule has 0 spiro atoms. The molecule has 1 aliphatic carbocycles. The van der Waals surface area contributed by atoms with Crippen molar-refractivity contribution in [1.82, 2.24) is 4.98 Å². The van der Waals surface area contributed by atoms with E-state index in [2.05, 4.69) is 40.7 Å². The summed E-state index contributed by atoms with van der Waals surface area (Å²) in [7, 11) is 0. The molecule has 1 heterocycles. The van der Waals surface area contributed by atoms with Crippen LogP contribution >= 0.6 is 0 Å². The summed E-state index contributed by atoms with van der Waals surface area (Å²) in [5.74, 6) is 0. The highest BCUT2D eigenvalue weighted by molar-refractivity contribution is 5.91. The Bertz CT molecular complexity index is 617. The molecule has 0 saturated carbocycles. The van der Waals surface area contributed by atoms with Crippen LogP contribution in [-0.4, -0.2) is 11.0 Å². The number of nitrogens with zero attached hydrogens (tertiary/aromatic N) is 1. The van der Waals surface area contributed by atoms with Gasteiger partial charge in [-0.05, 0) is 12.1 Å². The predicted molar refractivity (Wildman–Crippen MR) is 76.6 cm³/mol. The molecule has 1 N–H and O–H groups in total. The van der Waals surface area contributed by atoms with Crippen molar-refractivity contribution < 1.29 is 0 Å². The molecule has 1 aliphatic rings. The van der Waals surface area contributed by atoms with Crippen molar-refractivity contribution in [3.05, 3.63) is 73.0 Å². The predicted octanol–water partition coefficient (Wildman–Crippen LogP) is 3.70. The summed E-state index contributed by atoms with van der Waals surface area (Å²) in [6.07, 6.45) is 14.3. The fourth-order valence-electron chi connectivity index (χ4n) is 2.06. The fourth-order valence-corrected chi connectivity index (χ4v) is 2.06. The number of pyridine rings is 1. The normalized spacial score (nSPS) is 14.9. The number of hydrogen-bond donors (Lipinski definition) is 1. The van der Waals surface area contributed by atoms with E-state index in [4.69, 9.17) is 0 Å². The van der Waals surface area contributed by atoms with E-state index in [1.165, 1.54) is 0 Å². The second-order valence-electron chi connectivity index (χ2n) is 4.20. The topological polar surface area (TPSA) is 24.9 Å². The summed E-state index contributed by atoms with van der Waals surface area (Å²) < 4.78 is 0. The van der Waals surface area contributed by atoms with Gasteiger partial charge < -0.3 is 5.32 Å². The summed E-state index contributed by atoms with van der Waals surface area (Å²) in [4.78, 5) is 4.37. The van der Waals surface area contributed by atoms with Crippen LogP contribution in [0.15, 0.2) is 73.0 Å². The van der Waals surface area contributed by atoms with Gasteiger partial charge in [0.2, 0.25) is 0 Å². The quantitative estimate of drug-likeness (QED) is 0.857. The molecule has 0 fully saturated rings. The molecule has 0 aliphatic heterocycles. The van der Waals surface area contributed by atoms with Gasteiger partial charge in [0, 0.05) is 17.3 Å². The molecule has 0 radical (unpaired) electrons. The van der Waals surface area contributed by atoms with Gasteiger partial charge in [0.25, 0.3) is 0 Å². The molecule has 0 saturated heterocycles. The fraction of sp³-hybridized carbons (Fsp3) is 0.0625. The maximum atomic E-state index is 4.37. The third-order valence-corrected chi connectivity index (χ3v) is 2.94. The lowest BCUT2D eigenvalue weighted by molar-refractivity contribution is 1.11. The molecule has 2 aromatic rings. The van der Waals surface area contributed by atoms with Gasteiger partial charge in [-0.25, -0.2) is 0 Å². The molecule has 88 valence electrons. The standard InChI is InChI=1S/C16H14N2/c1-2-4-8-13(7-3-1)18-16-11-12-17-15-10-6-5-9-14(15)16/h1-13H,(H,17,18). The average Bonchev–Trinajstić information content (AvgIpc) is 2.68. The van der Waals surface area contributed by atoms with Crippen LogP contribution in [0.4, 0.5) is 5.69 Å². The number of rotatable bonds is 2. The molecule has 1 aromatic heterocycles. The van der Waals surface area contributed by atoms with E-state index >= 15 is 0 Å². The molecule has 0 unspecified atom stereocenters. The van der Waals surface area contributed by atoms with Gasteiger partial charge in [0.1, 0.15) is 0 Å². The van der Waals surface area contributed by atoms with Gasteiger partial charge in [0.05, 0.1) is 11.6 Å². The van der Waals surface area contributed by atoms with Gasteiger partial charge >= 0.3 is 0 Å². The van der Waals surface area contributed by atoms with E-state index < -0.39 is 0 Å². The molecule has 2 nitrogen and oxygen atoms in total. The summed E-state index contributed by atoms with van der Waals surface area (Å²) >= 11 is 0. The van der Waals surface area contributed by atoms with E-state index in [0.29, 0.717) is 0 Å². The zero-order valence-corrected chi connectivity index (χ0v) is 9.95. The van der Waals surface area contributed by atoms with Gasteiger partial charge in [-0.15, -0.1) is 0 Å². The zero-order valence-electron chi connectivity index (χ0n) is 9.95. The number of fused-ring (bicyclic) bond motifs is 1. The van der Waals surface area contributed by atoms with Crippen molar-refractivity contribution in [3.63, 3.8) is 0 Å². The second kappa shape index (κ2) is 4.88. The average molecular weight is 234 g/mol. The van der Waals surface area contributed by atoms with Crippen molar-refractivity contribution in [2.75, 3.05) is 5.32 Å². The van der Waals surface area contributed by atoms with Gasteiger partial charge in [0.15, 0.2) is 0 Å². The van der Waals surface area contributed by atoms with E-state index in [9.17, 15) is 0 Å². The van der Waals surface area contributed by atoms with Crippen LogP contribution in [0.2, 0.25) is 0 Å². The van der Waals surface area contributed by atoms with Crippen LogP contribution in [0, 0.1) is 0 Å². The Labute approximate surface area is 106 Å². The van der Waals surface area contributed by atoms with Crippen molar-refractivity contribution in [2.24, 2.45) is 0 Å². The number of allylic oxidation sites excluding steroid dienone is 4. The van der Waals surface area contributed by atoms with Crippen molar-refractivity contribution in [3.8, 4) is 0 Å². The largest absolute Gasteiger partial charge is 0.375 e. The maximum absolute atomic E-state index is 4.37. The molecule has 18 heavy (non-hydrogen) atoms. The molecule has 1 aromatic carbocycles. The number of para-hydroxylation sites is 1. The Morgan fingerprint density at radius 1 is 0.889 bits per heavy atom. The smallest absolute Gasteiger partial charge is 0.0722 e. The highest BCUT2D eigenvalue weighted by atomic mass is 14.9. The number of benzene rings is 1. The minimum Gasteiger partial charge on any atom is -0.375 e. The Morgan fingerprint density at radius 3 is 2.50 bits per heavy atom. The first-order valence-corrected chi connectivity index (χ1v) is 6.05. The number of nitrogens with one attached hydrogen (secondary N) is 1. The highest BCUT2D eigenvalue weighted by Gasteiger charge is 2.04. The first kappa shape index (κ1) is 10.8. The SMILES string of the molecule is C1=CC=CC(Nc2ccnc3ccccc23)C=C1. The van der Waals surface area contributed by atoms with E-state index in [-0.39, 0.29) is 6.04 Å². The van der Waals surface area contributed by atoms with Crippen molar-refractivity contribution in [1.29, 1.82) is 0 Å². The van der Waals surface area contributed by atoms with Crippen molar-refractivity contribution >= 4 is 16.6 Å². The molecule has 3 rings (SSSR count). The molecule has 0 amide bonds. The lowest BCUT2D eigenvalue weighted by atomic mass is 10.1. The lowest BCUT2D eigenvalue weighted by Crippen LogP contribution is -2.13. The maximum Gasteiger partial charge on any atom is 0.0722 e. The summed E-state index contributed by atoms with van der Waals surface area (Å²) in [6, 6.07) is 10.4. The third-order valence-electron chi connectivity index (χ3n) is 2.94. The van der Waals surface area contributed by atoms with Crippen LogP contribution in [-0.2, 0) is 0 Å². The Kier molecular flexibility index (Phi) is 2.92. The minimum absolute atomic E-state index is 0.214. The lowest BCUT2D eigenvalue weighted by Gasteiger charge is -2.13. The molecular formula is C16H14N2. The Morgan fingerprint density at radius 2 is 1.67 bits per heavy atom. The molecule has 0 bridgehead atoms.